The van der Waals surface area contributed by atoms with Crippen molar-refractivity contribution in [1.82, 2.24) is 19.2 Å². The molecule has 1 unspecified atom stereocenters. The smallest absolute Gasteiger partial charge is 0.257 e. The molecule has 0 bridgehead atoms. The minimum atomic E-state index is 0.155. The molecule has 2 aromatic heterocycles. The lowest BCUT2D eigenvalue weighted by Crippen LogP contribution is -2.42. The van der Waals surface area contributed by atoms with Gasteiger partial charge >= 0.3 is 0 Å². The zero-order valence-electron chi connectivity index (χ0n) is 13.0. The Bertz CT molecular complexity index is 699. The summed E-state index contributed by atoms with van der Waals surface area (Å²) in [5.41, 5.74) is 3.20. The maximum atomic E-state index is 13.1. The van der Waals surface area contributed by atoms with Gasteiger partial charge < -0.3 is 9.47 Å². The third kappa shape index (κ3) is 1.99. The molecule has 0 aromatic carbocycles. The van der Waals surface area contributed by atoms with E-state index in [1.165, 1.54) is 5.69 Å². The zero-order valence-corrected chi connectivity index (χ0v) is 13.0. The standard InChI is InChI=1S/C17H22N4O/c1-2-14-16-7-5-8-19(16)10-11-20(14)17(22)13-12-18-21-9-4-3-6-15(13)21/h5,7-8,12,14H,2-4,6,9-11H2,1H3. The number of fused-ring (bicyclic) bond motifs is 2. The fraction of sp³-hybridized carbons (Fsp3) is 0.529. The molecule has 1 atom stereocenters. The number of carbonyl (C=O) groups excluding carboxylic acids is 1. The van der Waals surface area contributed by atoms with E-state index < -0.39 is 0 Å². The Morgan fingerprint density at radius 2 is 2.23 bits per heavy atom. The van der Waals surface area contributed by atoms with Gasteiger partial charge in [-0.2, -0.15) is 5.10 Å². The minimum absolute atomic E-state index is 0.155. The molecule has 0 N–H and O–H groups in total. The molecule has 116 valence electrons. The lowest BCUT2D eigenvalue weighted by molar-refractivity contribution is 0.0616. The number of hydrogen-bond acceptors (Lipinski definition) is 2. The predicted octanol–water partition coefficient (Wildman–Crippen LogP) is 2.63. The van der Waals surface area contributed by atoms with Crippen molar-refractivity contribution < 1.29 is 4.79 Å². The van der Waals surface area contributed by atoms with Crippen LogP contribution in [-0.2, 0) is 19.5 Å². The zero-order chi connectivity index (χ0) is 15.1. The minimum Gasteiger partial charge on any atom is -0.348 e. The van der Waals surface area contributed by atoms with Gasteiger partial charge in [-0.3, -0.25) is 9.48 Å². The fourth-order valence-corrected chi connectivity index (χ4v) is 3.89. The van der Waals surface area contributed by atoms with Crippen molar-refractivity contribution in [3.63, 3.8) is 0 Å². The third-order valence-corrected chi connectivity index (χ3v) is 5.02. The number of amides is 1. The summed E-state index contributed by atoms with van der Waals surface area (Å²) in [5, 5.41) is 4.42. The van der Waals surface area contributed by atoms with Crippen LogP contribution in [0, 0.1) is 0 Å². The average Bonchev–Trinajstić information content (AvgIpc) is 3.19. The number of aromatic nitrogens is 3. The van der Waals surface area contributed by atoms with Gasteiger partial charge in [0.1, 0.15) is 0 Å². The molecule has 0 spiro atoms. The lowest BCUT2D eigenvalue weighted by atomic mass is 10.0. The Labute approximate surface area is 130 Å². The van der Waals surface area contributed by atoms with Crippen LogP contribution in [0.25, 0.3) is 0 Å². The van der Waals surface area contributed by atoms with E-state index in [4.69, 9.17) is 0 Å². The molecule has 2 aromatic rings. The van der Waals surface area contributed by atoms with E-state index in [0.29, 0.717) is 0 Å². The predicted molar refractivity (Wildman–Crippen MR) is 83.7 cm³/mol. The number of carbonyl (C=O) groups is 1. The second kappa shape index (κ2) is 5.30. The first-order valence-corrected chi connectivity index (χ1v) is 8.30. The van der Waals surface area contributed by atoms with Gasteiger partial charge in [0.15, 0.2) is 0 Å². The van der Waals surface area contributed by atoms with Crippen molar-refractivity contribution in [3.05, 3.63) is 41.5 Å². The van der Waals surface area contributed by atoms with Crippen molar-refractivity contribution in [2.45, 2.75) is 51.7 Å². The number of aryl methyl sites for hydroxylation is 1. The van der Waals surface area contributed by atoms with Crippen molar-refractivity contribution in [2.75, 3.05) is 6.54 Å². The fourth-order valence-electron chi connectivity index (χ4n) is 3.89. The van der Waals surface area contributed by atoms with E-state index in [1.807, 2.05) is 9.58 Å². The van der Waals surface area contributed by atoms with E-state index in [1.54, 1.807) is 6.20 Å². The number of rotatable bonds is 2. The Morgan fingerprint density at radius 3 is 3.09 bits per heavy atom. The molecule has 5 nitrogen and oxygen atoms in total. The van der Waals surface area contributed by atoms with E-state index in [9.17, 15) is 4.79 Å². The van der Waals surface area contributed by atoms with Crippen LogP contribution in [0.3, 0.4) is 0 Å². The van der Waals surface area contributed by atoms with E-state index in [-0.39, 0.29) is 11.9 Å². The molecule has 2 aliphatic heterocycles. The molecule has 4 heterocycles. The van der Waals surface area contributed by atoms with Crippen molar-refractivity contribution in [1.29, 1.82) is 0 Å². The highest BCUT2D eigenvalue weighted by Gasteiger charge is 2.32. The monoisotopic (exact) mass is 298 g/mol. The van der Waals surface area contributed by atoms with Crippen molar-refractivity contribution in [2.24, 2.45) is 0 Å². The van der Waals surface area contributed by atoms with Gasteiger partial charge in [0.2, 0.25) is 0 Å². The van der Waals surface area contributed by atoms with Crippen LogP contribution < -0.4 is 0 Å². The van der Waals surface area contributed by atoms with Gasteiger partial charge in [-0.1, -0.05) is 6.92 Å². The summed E-state index contributed by atoms with van der Waals surface area (Å²) in [5.74, 6) is 0.155. The van der Waals surface area contributed by atoms with Gasteiger partial charge in [0, 0.05) is 31.5 Å². The van der Waals surface area contributed by atoms with Gasteiger partial charge in [-0.05, 0) is 37.8 Å². The van der Waals surface area contributed by atoms with Crippen LogP contribution in [-0.4, -0.2) is 31.7 Å². The van der Waals surface area contributed by atoms with Crippen LogP contribution in [0.15, 0.2) is 24.5 Å². The summed E-state index contributed by atoms with van der Waals surface area (Å²) < 4.78 is 4.29. The summed E-state index contributed by atoms with van der Waals surface area (Å²) in [6, 6.07) is 4.39. The summed E-state index contributed by atoms with van der Waals surface area (Å²) in [6.07, 6.45) is 8.13. The summed E-state index contributed by atoms with van der Waals surface area (Å²) in [4.78, 5) is 15.1. The molecule has 1 amide bonds. The molecule has 4 rings (SSSR count). The molecular weight excluding hydrogens is 276 g/mol. The van der Waals surface area contributed by atoms with Gasteiger partial charge in [-0.15, -0.1) is 0 Å². The molecule has 0 radical (unpaired) electrons. The number of nitrogens with zero attached hydrogens (tertiary/aromatic N) is 4. The maximum Gasteiger partial charge on any atom is 0.257 e. The van der Waals surface area contributed by atoms with Gasteiger partial charge in [-0.25, -0.2) is 0 Å². The Kier molecular flexibility index (Phi) is 3.28. The Balaban J connectivity index is 1.67. The second-order valence-electron chi connectivity index (χ2n) is 6.23. The maximum absolute atomic E-state index is 13.1. The quantitative estimate of drug-likeness (QED) is 0.855. The molecule has 22 heavy (non-hydrogen) atoms. The first kappa shape index (κ1) is 13.6. The van der Waals surface area contributed by atoms with E-state index >= 15 is 0 Å². The molecule has 0 saturated heterocycles. The van der Waals surface area contributed by atoms with Crippen molar-refractivity contribution >= 4 is 5.91 Å². The summed E-state index contributed by atoms with van der Waals surface area (Å²) in [7, 11) is 0. The average molecular weight is 298 g/mol. The first-order chi connectivity index (χ1) is 10.8. The van der Waals surface area contributed by atoms with Gasteiger partial charge in [0.25, 0.3) is 5.91 Å². The van der Waals surface area contributed by atoms with Crippen LogP contribution in [0.5, 0.6) is 0 Å². The molecule has 5 heteroatoms. The Morgan fingerprint density at radius 1 is 1.32 bits per heavy atom. The highest BCUT2D eigenvalue weighted by molar-refractivity contribution is 5.95. The SMILES string of the molecule is CCC1c2cccn2CCN1C(=O)c1cnn2c1CCCC2. The topological polar surface area (TPSA) is 43.1 Å². The molecule has 0 fully saturated rings. The van der Waals surface area contributed by atoms with Gasteiger partial charge in [0.05, 0.1) is 23.5 Å². The summed E-state index contributed by atoms with van der Waals surface area (Å²) >= 11 is 0. The van der Waals surface area contributed by atoms with E-state index in [2.05, 4.69) is 34.9 Å². The van der Waals surface area contributed by atoms with Crippen molar-refractivity contribution in [3.8, 4) is 0 Å². The van der Waals surface area contributed by atoms with E-state index in [0.717, 1.165) is 56.6 Å². The first-order valence-electron chi connectivity index (χ1n) is 8.30. The van der Waals surface area contributed by atoms with Crippen LogP contribution in [0.1, 0.15) is 54.0 Å². The highest BCUT2D eigenvalue weighted by Crippen LogP contribution is 2.31. The second-order valence-corrected chi connectivity index (χ2v) is 6.23. The highest BCUT2D eigenvalue weighted by atomic mass is 16.2. The molecular formula is C17H22N4O. The van der Waals surface area contributed by atoms with Crippen LogP contribution >= 0.6 is 0 Å². The molecule has 2 aliphatic rings. The molecule has 0 saturated carbocycles. The summed E-state index contributed by atoms with van der Waals surface area (Å²) in [6.45, 7) is 4.77. The largest absolute Gasteiger partial charge is 0.348 e. The van der Waals surface area contributed by atoms with Crippen LogP contribution in [0.2, 0.25) is 0 Å². The lowest BCUT2D eigenvalue weighted by Gasteiger charge is -2.36. The normalized spacial score (nSPS) is 20.6. The third-order valence-electron chi connectivity index (χ3n) is 5.02. The Hall–Kier alpha value is -2.04. The molecule has 0 aliphatic carbocycles. The van der Waals surface area contributed by atoms with Crippen LogP contribution in [0.4, 0.5) is 0 Å². The number of hydrogen-bond donors (Lipinski definition) is 0.